The molecule has 0 aliphatic carbocycles. The molecule has 0 aliphatic heterocycles. The van der Waals surface area contributed by atoms with E-state index in [1.807, 2.05) is 0 Å². The Hall–Kier alpha value is -0.160. The van der Waals surface area contributed by atoms with Crippen LogP contribution in [0.25, 0.3) is 0 Å². The first-order chi connectivity index (χ1) is 5.83. The highest BCUT2D eigenvalue weighted by molar-refractivity contribution is 4.24. The maximum Gasteiger partial charge on any atom is 0.0698 e. The first kappa shape index (κ1) is 14.4. The van der Waals surface area contributed by atoms with Gasteiger partial charge in [-0.3, -0.25) is 0 Å². The zero-order valence-corrected chi connectivity index (χ0v) is 7.95. The molecule has 0 saturated heterocycles. The number of rotatable bonds is 6. The van der Waals surface area contributed by atoms with E-state index in [-0.39, 0.29) is 13.2 Å². The second kappa shape index (κ2) is 17.1. The normalized spacial score (nSPS) is 9.00. The Bertz CT molecular complexity index is 53.0. The Kier molecular flexibility index (Phi) is 20.4. The molecule has 76 valence electrons. The third-order valence-electron chi connectivity index (χ3n) is 0.879. The van der Waals surface area contributed by atoms with Crippen LogP contribution in [-0.4, -0.2) is 50.4 Å². The van der Waals surface area contributed by atoms with E-state index in [2.05, 4.69) is 11.7 Å². The first-order valence-corrected chi connectivity index (χ1v) is 4.11. The molecule has 0 atom stereocenters. The molecule has 0 aliphatic rings. The molecule has 0 aromatic rings. The molecule has 4 nitrogen and oxygen atoms in total. The Labute approximate surface area is 74.1 Å². The monoisotopic (exact) mass is 180 g/mol. The molecule has 12 heavy (non-hydrogen) atoms. The second-order valence-corrected chi connectivity index (χ2v) is 2.05. The van der Waals surface area contributed by atoms with Crippen molar-refractivity contribution < 1.29 is 19.7 Å². The van der Waals surface area contributed by atoms with Crippen molar-refractivity contribution in [3.05, 3.63) is 0 Å². The third kappa shape index (κ3) is 22.5. The number of aliphatic hydroxyl groups is 2. The van der Waals surface area contributed by atoms with Gasteiger partial charge in [0.1, 0.15) is 0 Å². The van der Waals surface area contributed by atoms with E-state index in [1.165, 1.54) is 0 Å². The summed E-state index contributed by atoms with van der Waals surface area (Å²) in [6.45, 7) is 3.67. The van der Waals surface area contributed by atoms with Crippen molar-refractivity contribution in [2.75, 3.05) is 40.1 Å². The number of hydrogen-bond donors (Lipinski definition) is 2. The highest BCUT2D eigenvalue weighted by Gasteiger charge is 1.79. The summed E-state index contributed by atoms with van der Waals surface area (Å²) < 4.78 is 9.32. The fraction of sp³-hybridized carbons (Fsp3) is 1.00. The van der Waals surface area contributed by atoms with Crippen LogP contribution in [0.15, 0.2) is 0 Å². The molecule has 0 aromatic carbocycles. The van der Waals surface area contributed by atoms with E-state index in [1.54, 1.807) is 7.11 Å². The molecule has 0 fully saturated rings. The van der Waals surface area contributed by atoms with Gasteiger partial charge in [-0.25, -0.2) is 0 Å². The smallest absolute Gasteiger partial charge is 0.0698 e. The van der Waals surface area contributed by atoms with Gasteiger partial charge in [0.2, 0.25) is 0 Å². The van der Waals surface area contributed by atoms with Gasteiger partial charge >= 0.3 is 0 Å². The van der Waals surface area contributed by atoms with Crippen LogP contribution in [-0.2, 0) is 9.47 Å². The van der Waals surface area contributed by atoms with E-state index in [9.17, 15) is 0 Å². The van der Waals surface area contributed by atoms with Crippen molar-refractivity contribution in [3.63, 3.8) is 0 Å². The van der Waals surface area contributed by atoms with Crippen LogP contribution >= 0.6 is 0 Å². The fourth-order valence-corrected chi connectivity index (χ4v) is 0.435. The molecule has 0 spiro atoms. The lowest BCUT2D eigenvalue weighted by Gasteiger charge is -1.94. The number of ether oxygens (including phenoxy) is 2. The van der Waals surface area contributed by atoms with Gasteiger partial charge in [-0.1, -0.05) is 6.92 Å². The minimum Gasteiger partial charge on any atom is -0.394 e. The molecule has 0 rings (SSSR count). The molecule has 0 saturated carbocycles. The lowest BCUT2D eigenvalue weighted by molar-refractivity contribution is 0.0650. The molecule has 0 radical (unpaired) electrons. The van der Waals surface area contributed by atoms with Gasteiger partial charge in [-0.2, -0.15) is 0 Å². The SMILES string of the molecule is CCCOC.OCCOCCO. The zero-order valence-electron chi connectivity index (χ0n) is 7.95. The third-order valence-corrected chi connectivity index (χ3v) is 0.879. The molecule has 0 amide bonds. The van der Waals surface area contributed by atoms with Crippen molar-refractivity contribution in [2.24, 2.45) is 0 Å². The van der Waals surface area contributed by atoms with Crippen LogP contribution in [0.1, 0.15) is 13.3 Å². The summed E-state index contributed by atoms with van der Waals surface area (Å²) in [6, 6.07) is 0. The summed E-state index contributed by atoms with van der Waals surface area (Å²) in [4.78, 5) is 0. The van der Waals surface area contributed by atoms with Gasteiger partial charge in [0, 0.05) is 13.7 Å². The van der Waals surface area contributed by atoms with Crippen molar-refractivity contribution >= 4 is 0 Å². The average molecular weight is 180 g/mol. The minimum absolute atomic E-state index is 0.0278. The standard InChI is InChI=1S/C4H10O3.C4H10O/c5-1-3-7-4-2-6;1-3-4-5-2/h5-6H,1-4H2;3-4H2,1-2H3. The topological polar surface area (TPSA) is 58.9 Å². The Balaban J connectivity index is 0. The lowest BCUT2D eigenvalue weighted by atomic mass is 10.5. The predicted octanol–water partition coefficient (Wildman–Crippen LogP) is 0.0304. The van der Waals surface area contributed by atoms with Gasteiger partial charge < -0.3 is 19.7 Å². The first-order valence-electron chi connectivity index (χ1n) is 4.11. The highest BCUT2D eigenvalue weighted by Crippen LogP contribution is 1.70. The summed E-state index contributed by atoms with van der Waals surface area (Å²) in [5.74, 6) is 0. The maximum absolute atomic E-state index is 8.09. The van der Waals surface area contributed by atoms with Crippen LogP contribution in [0.5, 0.6) is 0 Å². The van der Waals surface area contributed by atoms with Crippen LogP contribution in [0.3, 0.4) is 0 Å². The molecule has 2 N–H and O–H groups in total. The van der Waals surface area contributed by atoms with Crippen LogP contribution < -0.4 is 0 Å². The molecular formula is C8H20O4. The summed E-state index contributed by atoms with van der Waals surface area (Å²) in [6.07, 6.45) is 1.12. The molecule has 0 aromatic heterocycles. The van der Waals surface area contributed by atoms with Gasteiger partial charge in [0.15, 0.2) is 0 Å². The van der Waals surface area contributed by atoms with Crippen LogP contribution in [0.4, 0.5) is 0 Å². The second-order valence-electron chi connectivity index (χ2n) is 2.05. The van der Waals surface area contributed by atoms with Gasteiger partial charge in [-0.15, -0.1) is 0 Å². The fourth-order valence-electron chi connectivity index (χ4n) is 0.435. The summed E-state index contributed by atoms with van der Waals surface area (Å²) >= 11 is 0. The van der Waals surface area contributed by atoms with Crippen molar-refractivity contribution in [3.8, 4) is 0 Å². The summed E-state index contributed by atoms with van der Waals surface area (Å²) in [5.41, 5.74) is 0. The quantitative estimate of drug-likeness (QED) is 0.566. The Morgan fingerprint density at radius 1 is 1.00 bits per heavy atom. The van der Waals surface area contributed by atoms with Gasteiger partial charge in [0.05, 0.1) is 26.4 Å². The van der Waals surface area contributed by atoms with Gasteiger partial charge in [0.25, 0.3) is 0 Å². The van der Waals surface area contributed by atoms with E-state index in [0.717, 1.165) is 13.0 Å². The molecule has 0 unspecified atom stereocenters. The Morgan fingerprint density at radius 3 is 1.67 bits per heavy atom. The summed E-state index contributed by atoms with van der Waals surface area (Å²) in [5, 5.41) is 16.2. The predicted molar refractivity (Wildman–Crippen MR) is 47.2 cm³/mol. The lowest BCUT2D eigenvalue weighted by Crippen LogP contribution is -2.03. The minimum atomic E-state index is 0.0278. The molecular weight excluding hydrogens is 160 g/mol. The average Bonchev–Trinajstić information content (AvgIpc) is 2.08. The number of methoxy groups -OCH3 is 1. The van der Waals surface area contributed by atoms with Gasteiger partial charge in [-0.05, 0) is 6.42 Å². The highest BCUT2D eigenvalue weighted by atomic mass is 16.5. The largest absolute Gasteiger partial charge is 0.394 e. The van der Waals surface area contributed by atoms with E-state index in [4.69, 9.17) is 14.9 Å². The molecule has 4 heteroatoms. The maximum atomic E-state index is 8.09. The number of aliphatic hydroxyl groups excluding tert-OH is 2. The molecule has 0 bridgehead atoms. The van der Waals surface area contributed by atoms with Crippen molar-refractivity contribution in [1.82, 2.24) is 0 Å². The van der Waals surface area contributed by atoms with E-state index >= 15 is 0 Å². The van der Waals surface area contributed by atoms with Crippen molar-refractivity contribution in [1.29, 1.82) is 0 Å². The van der Waals surface area contributed by atoms with Crippen LogP contribution in [0, 0.1) is 0 Å². The van der Waals surface area contributed by atoms with Crippen molar-refractivity contribution in [2.45, 2.75) is 13.3 Å². The Morgan fingerprint density at radius 2 is 1.50 bits per heavy atom. The number of hydrogen-bond acceptors (Lipinski definition) is 4. The van der Waals surface area contributed by atoms with E-state index in [0.29, 0.717) is 13.2 Å². The zero-order chi connectivity index (χ0) is 9.66. The van der Waals surface area contributed by atoms with Crippen LogP contribution in [0.2, 0.25) is 0 Å². The van der Waals surface area contributed by atoms with E-state index < -0.39 is 0 Å². The summed E-state index contributed by atoms with van der Waals surface area (Å²) in [7, 11) is 1.71. The molecule has 0 heterocycles.